The molecule has 0 unspecified atom stereocenters. The van der Waals surface area contributed by atoms with Gasteiger partial charge in [0, 0.05) is 16.9 Å². The van der Waals surface area contributed by atoms with E-state index in [1.165, 1.54) is 28.7 Å². The third-order valence-corrected chi connectivity index (χ3v) is 7.23. The molecule has 0 radical (unpaired) electrons. The lowest BCUT2D eigenvalue weighted by molar-refractivity contribution is -0.119. The first-order valence-electron chi connectivity index (χ1n) is 11.2. The minimum Gasteiger partial charge on any atom is -0.303 e. The van der Waals surface area contributed by atoms with Crippen molar-refractivity contribution in [2.45, 2.75) is 43.5 Å². The summed E-state index contributed by atoms with van der Waals surface area (Å²) < 4.78 is 0. The Labute approximate surface area is 186 Å². The summed E-state index contributed by atoms with van der Waals surface area (Å²) in [5.74, 6) is 0. The van der Waals surface area contributed by atoms with E-state index >= 15 is 0 Å². The molecule has 0 N–H and O–H groups in total. The van der Waals surface area contributed by atoms with Crippen LogP contribution in [0.4, 0.5) is 0 Å². The minimum absolute atomic E-state index is 0.132. The zero-order valence-electron chi connectivity index (χ0n) is 18.6. The molecule has 0 spiro atoms. The van der Waals surface area contributed by atoms with E-state index in [0.717, 1.165) is 58.4 Å². The number of aldehydes is 1. The molecular formula is C26H36N2OS. The van der Waals surface area contributed by atoms with Crippen LogP contribution < -0.4 is 0 Å². The monoisotopic (exact) mass is 424 g/mol. The van der Waals surface area contributed by atoms with Gasteiger partial charge in [-0.25, -0.2) is 0 Å². The summed E-state index contributed by atoms with van der Waals surface area (Å²) >= 11 is 1.78. The van der Waals surface area contributed by atoms with Gasteiger partial charge in [-0.2, -0.15) is 0 Å². The van der Waals surface area contributed by atoms with Crippen LogP contribution in [0.25, 0.3) is 0 Å². The first kappa shape index (κ1) is 23.1. The lowest BCUT2D eigenvalue weighted by Gasteiger charge is -2.39. The molecular weight excluding hydrogens is 388 g/mol. The van der Waals surface area contributed by atoms with Crippen molar-refractivity contribution in [1.29, 1.82) is 0 Å². The van der Waals surface area contributed by atoms with E-state index in [4.69, 9.17) is 0 Å². The van der Waals surface area contributed by atoms with Gasteiger partial charge in [-0.1, -0.05) is 42.5 Å². The smallest absolute Gasteiger partial charge is 0.126 e. The second kappa shape index (κ2) is 11.7. The number of rotatable bonds is 11. The number of nitrogens with zero attached hydrogens (tertiary/aromatic N) is 2. The fourth-order valence-electron chi connectivity index (χ4n) is 4.34. The number of carbonyl (C=O) groups excluding carboxylic acids is 1. The third kappa shape index (κ3) is 6.97. The van der Waals surface area contributed by atoms with Gasteiger partial charge in [-0.15, -0.1) is 11.8 Å². The highest BCUT2D eigenvalue weighted by molar-refractivity contribution is 7.98. The predicted molar refractivity (Wildman–Crippen MR) is 128 cm³/mol. The van der Waals surface area contributed by atoms with Crippen LogP contribution in [-0.4, -0.2) is 55.6 Å². The maximum absolute atomic E-state index is 12.0. The highest BCUT2D eigenvalue weighted by Gasteiger charge is 2.34. The Hall–Kier alpha value is -1.62. The average molecular weight is 425 g/mol. The van der Waals surface area contributed by atoms with Crippen molar-refractivity contribution in [3.05, 3.63) is 65.7 Å². The average Bonchev–Trinajstić information content (AvgIpc) is 2.80. The lowest BCUT2D eigenvalue weighted by Crippen LogP contribution is -2.42. The van der Waals surface area contributed by atoms with Gasteiger partial charge in [-0.3, -0.25) is 0 Å². The maximum atomic E-state index is 12.0. The van der Waals surface area contributed by atoms with Crippen LogP contribution in [0.2, 0.25) is 0 Å². The van der Waals surface area contributed by atoms with Crippen molar-refractivity contribution < 1.29 is 4.79 Å². The number of thioether (sulfide) groups is 1. The number of benzene rings is 2. The SMILES string of the molecule is CSc1ccc(CN(C)CCC2(C=O)CCN(CCCc3ccccc3)CC2)cc1. The van der Waals surface area contributed by atoms with Gasteiger partial charge in [0.05, 0.1) is 0 Å². The van der Waals surface area contributed by atoms with Gasteiger partial charge in [-0.05, 0) is 94.8 Å². The van der Waals surface area contributed by atoms with E-state index in [9.17, 15) is 4.79 Å². The first-order valence-corrected chi connectivity index (χ1v) is 12.4. The molecule has 1 aliphatic heterocycles. The minimum atomic E-state index is -0.132. The quantitative estimate of drug-likeness (QED) is 0.368. The molecule has 1 heterocycles. The summed E-state index contributed by atoms with van der Waals surface area (Å²) in [5.41, 5.74) is 2.62. The molecule has 0 aliphatic carbocycles. The van der Waals surface area contributed by atoms with Crippen molar-refractivity contribution in [2.75, 3.05) is 39.5 Å². The molecule has 1 aliphatic rings. The molecule has 162 valence electrons. The third-order valence-electron chi connectivity index (χ3n) is 6.49. The van der Waals surface area contributed by atoms with Gasteiger partial charge in [0.1, 0.15) is 6.29 Å². The number of hydrogen-bond acceptors (Lipinski definition) is 4. The number of hydrogen-bond donors (Lipinski definition) is 0. The van der Waals surface area contributed by atoms with Crippen LogP contribution in [0.3, 0.4) is 0 Å². The molecule has 2 aromatic carbocycles. The fraction of sp³-hybridized carbons (Fsp3) is 0.500. The van der Waals surface area contributed by atoms with Crippen LogP contribution in [-0.2, 0) is 17.8 Å². The molecule has 4 heteroatoms. The summed E-state index contributed by atoms with van der Waals surface area (Å²) in [6, 6.07) is 19.5. The zero-order valence-corrected chi connectivity index (χ0v) is 19.4. The number of aryl methyl sites for hydroxylation is 1. The van der Waals surface area contributed by atoms with Gasteiger partial charge >= 0.3 is 0 Å². The van der Waals surface area contributed by atoms with Gasteiger partial charge in [0.25, 0.3) is 0 Å². The van der Waals surface area contributed by atoms with Crippen molar-refractivity contribution in [1.82, 2.24) is 9.80 Å². The Morgan fingerprint density at radius 1 is 1.03 bits per heavy atom. The van der Waals surface area contributed by atoms with Crippen LogP contribution in [0.15, 0.2) is 59.5 Å². The maximum Gasteiger partial charge on any atom is 0.126 e. The topological polar surface area (TPSA) is 23.6 Å². The molecule has 3 rings (SSSR count). The Morgan fingerprint density at radius 2 is 1.73 bits per heavy atom. The van der Waals surface area contributed by atoms with Gasteiger partial charge in [0.2, 0.25) is 0 Å². The highest BCUT2D eigenvalue weighted by Crippen LogP contribution is 2.33. The second-order valence-corrected chi connectivity index (χ2v) is 9.63. The molecule has 0 atom stereocenters. The normalized spacial score (nSPS) is 16.6. The number of piperidine rings is 1. The predicted octanol–water partition coefficient (Wildman–Crippen LogP) is 5.14. The van der Waals surface area contributed by atoms with E-state index in [1.807, 2.05) is 0 Å². The Bertz CT molecular complexity index is 754. The van der Waals surface area contributed by atoms with Crippen molar-refractivity contribution in [3.8, 4) is 0 Å². The van der Waals surface area contributed by atoms with Crippen LogP contribution in [0.5, 0.6) is 0 Å². The second-order valence-electron chi connectivity index (χ2n) is 8.75. The van der Waals surface area contributed by atoms with E-state index in [2.05, 4.69) is 77.7 Å². The largest absolute Gasteiger partial charge is 0.303 e. The molecule has 0 aromatic heterocycles. The van der Waals surface area contributed by atoms with E-state index in [-0.39, 0.29) is 5.41 Å². The standard InChI is InChI=1S/C26H36N2OS/c1-27(21-24-10-12-25(30-2)13-11-24)18-14-26(22-29)15-19-28(20-16-26)17-6-9-23-7-4-3-5-8-23/h3-5,7-8,10-13,22H,6,9,14-21H2,1-2H3. The number of carbonyl (C=O) groups is 1. The van der Waals surface area contributed by atoms with Gasteiger partial charge in [0.15, 0.2) is 0 Å². The van der Waals surface area contributed by atoms with Crippen molar-refractivity contribution in [3.63, 3.8) is 0 Å². The summed E-state index contributed by atoms with van der Waals surface area (Å²) in [7, 11) is 2.17. The van der Waals surface area contributed by atoms with Crippen LogP contribution in [0, 0.1) is 5.41 Å². The lowest BCUT2D eigenvalue weighted by atomic mass is 9.77. The summed E-state index contributed by atoms with van der Waals surface area (Å²) in [4.78, 5) is 18.2. The van der Waals surface area contributed by atoms with Crippen LogP contribution >= 0.6 is 11.8 Å². The van der Waals surface area contributed by atoms with E-state index in [0.29, 0.717) is 0 Å². The van der Waals surface area contributed by atoms with Gasteiger partial charge < -0.3 is 14.6 Å². The molecule has 0 saturated carbocycles. The summed E-state index contributed by atoms with van der Waals surface area (Å²) in [5, 5.41) is 0. The van der Waals surface area contributed by atoms with E-state index in [1.54, 1.807) is 11.8 Å². The molecule has 3 nitrogen and oxygen atoms in total. The van der Waals surface area contributed by atoms with Crippen molar-refractivity contribution in [2.24, 2.45) is 5.41 Å². The zero-order chi connectivity index (χ0) is 21.2. The summed E-state index contributed by atoms with van der Waals surface area (Å²) in [6.45, 7) is 5.14. The molecule has 1 fully saturated rings. The first-order chi connectivity index (χ1) is 14.6. The Balaban J connectivity index is 1.39. The number of likely N-dealkylation sites (tertiary alicyclic amines) is 1. The molecule has 1 saturated heterocycles. The van der Waals surface area contributed by atoms with Crippen LogP contribution in [0.1, 0.15) is 36.8 Å². The summed E-state index contributed by atoms with van der Waals surface area (Å²) in [6.07, 6.45) is 8.66. The van der Waals surface area contributed by atoms with E-state index < -0.39 is 0 Å². The molecule has 0 amide bonds. The van der Waals surface area contributed by atoms with Crippen molar-refractivity contribution >= 4 is 18.0 Å². The fourth-order valence-corrected chi connectivity index (χ4v) is 4.74. The Morgan fingerprint density at radius 3 is 2.37 bits per heavy atom. The highest BCUT2D eigenvalue weighted by atomic mass is 32.2. The molecule has 30 heavy (non-hydrogen) atoms. The molecule has 0 bridgehead atoms. The molecule has 2 aromatic rings. The Kier molecular flexibility index (Phi) is 8.98.